The summed E-state index contributed by atoms with van der Waals surface area (Å²) >= 11 is 0. The number of allylic oxidation sites excluding steroid dienone is 1. The van der Waals surface area contributed by atoms with Gasteiger partial charge in [0.25, 0.3) is 0 Å². The molecule has 0 saturated carbocycles. The van der Waals surface area contributed by atoms with Crippen molar-refractivity contribution in [3.05, 3.63) is 23.9 Å². The Morgan fingerprint density at radius 1 is 1.45 bits per heavy atom. The van der Waals surface area contributed by atoms with E-state index in [1.807, 2.05) is 11.1 Å². The van der Waals surface area contributed by atoms with Gasteiger partial charge in [0, 0.05) is 6.20 Å². The van der Waals surface area contributed by atoms with E-state index in [1.54, 1.807) is 17.4 Å². The number of aliphatic imine (C=N–C) groups is 1. The first kappa shape index (κ1) is 6.23. The Kier molecular flexibility index (Phi) is 1.13. The van der Waals surface area contributed by atoms with Gasteiger partial charge in [0.15, 0.2) is 5.82 Å². The molecule has 0 radical (unpaired) electrons. The number of hydrogen-bond acceptors (Lipinski definition) is 5. The molecule has 0 amide bonds. The first-order valence-electron chi connectivity index (χ1n) is 3.27. The van der Waals surface area contributed by atoms with Gasteiger partial charge in [-0.1, -0.05) is 0 Å². The van der Waals surface area contributed by atoms with Gasteiger partial charge in [-0.3, -0.25) is 5.01 Å². The summed E-state index contributed by atoms with van der Waals surface area (Å²) in [6.45, 7) is 0.618. The average Bonchev–Trinajstić information content (AvgIpc) is 2.27. The van der Waals surface area contributed by atoms with Gasteiger partial charge in [-0.05, 0) is 0 Å². The van der Waals surface area contributed by atoms with Gasteiger partial charge < -0.3 is 10.6 Å². The fraction of sp³-hybridized carbons (Fsp3) is 0.167. The maximum absolute atomic E-state index is 5.52. The van der Waals surface area contributed by atoms with Crippen LogP contribution in [0.25, 0.3) is 0 Å². The van der Waals surface area contributed by atoms with Crippen molar-refractivity contribution in [2.24, 2.45) is 16.6 Å². The third-order valence-electron chi connectivity index (χ3n) is 1.54. The maximum atomic E-state index is 5.52. The van der Waals surface area contributed by atoms with Crippen LogP contribution in [0.4, 0.5) is 0 Å². The summed E-state index contributed by atoms with van der Waals surface area (Å²) in [5, 5.41) is 1.56. The molecule has 0 saturated heterocycles. The van der Waals surface area contributed by atoms with Crippen LogP contribution >= 0.6 is 0 Å². The van der Waals surface area contributed by atoms with Crippen molar-refractivity contribution in [3.8, 4) is 0 Å². The molecule has 0 bridgehead atoms. The second-order valence-corrected chi connectivity index (χ2v) is 2.50. The molecule has 5 nitrogen and oxygen atoms in total. The van der Waals surface area contributed by atoms with E-state index >= 15 is 0 Å². The van der Waals surface area contributed by atoms with Gasteiger partial charge in [0.05, 0.1) is 18.1 Å². The monoisotopic (exact) mass is 151 g/mol. The summed E-state index contributed by atoms with van der Waals surface area (Å²) in [5.41, 5.74) is 6.17. The van der Waals surface area contributed by atoms with Crippen molar-refractivity contribution in [1.82, 2.24) is 9.91 Å². The number of hydrogen-bond donors (Lipinski definition) is 2. The molecule has 2 aliphatic heterocycles. The molecule has 0 aromatic heterocycles. The minimum atomic E-state index is 0.618. The fourth-order valence-corrected chi connectivity index (χ4v) is 1.08. The van der Waals surface area contributed by atoms with Crippen molar-refractivity contribution in [1.29, 1.82) is 0 Å². The molecule has 0 fully saturated rings. The second kappa shape index (κ2) is 2.00. The summed E-state index contributed by atoms with van der Waals surface area (Å²) in [5.74, 6) is 6.35. The third kappa shape index (κ3) is 0.947. The van der Waals surface area contributed by atoms with E-state index in [-0.39, 0.29) is 0 Å². The Morgan fingerprint density at radius 3 is 3.09 bits per heavy atom. The maximum Gasteiger partial charge on any atom is 0.151 e. The molecule has 58 valence electrons. The SMILES string of the molecule is NC1=CN2CN(N)C=C2N=C1. The van der Waals surface area contributed by atoms with Gasteiger partial charge in [-0.25, -0.2) is 10.8 Å². The first-order valence-corrected chi connectivity index (χ1v) is 3.27. The normalized spacial score (nSPS) is 21.5. The summed E-state index contributed by atoms with van der Waals surface area (Å²) in [4.78, 5) is 5.95. The van der Waals surface area contributed by atoms with E-state index in [0.717, 1.165) is 5.82 Å². The van der Waals surface area contributed by atoms with Crippen molar-refractivity contribution < 1.29 is 0 Å². The highest BCUT2D eigenvalue weighted by Crippen LogP contribution is 2.17. The van der Waals surface area contributed by atoms with Crippen LogP contribution in [0.1, 0.15) is 0 Å². The van der Waals surface area contributed by atoms with Crippen LogP contribution < -0.4 is 11.6 Å². The highest BCUT2D eigenvalue weighted by atomic mass is 15.5. The van der Waals surface area contributed by atoms with Crippen LogP contribution in [0.3, 0.4) is 0 Å². The molecule has 11 heavy (non-hydrogen) atoms. The predicted molar refractivity (Wildman–Crippen MR) is 41.6 cm³/mol. The number of fused-ring (bicyclic) bond motifs is 1. The smallest absolute Gasteiger partial charge is 0.151 e. The molecule has 0 aromatic carbocycles. The highest BCUT2D eigenvalue weighted by Gasteiger charge is 2.18. The van der Waals surface area contributed by atoms with E-state index < -0.39 is 0 Å². The number of rotatable bonds is 0. The van der Waals surface area contributed by atoms with Gasteiger partial charge in [0.1, 0.15) is 6.67 Å². The summed E-state index contributed by atoms with van der Waals surface area (Å²) in [6, 6.07) is 0. The van der Waals surface area contributed by atoms with E-state index in [0.29, 0.717) is 12.4 Å². The minimum absolute atomic E-state index is 0.618. The molecule has 0 aliphatic carbocycles. The lowest BCUT2D eigenvalue weighted by molar-refractivity contribution is 0.314. The molecule has 2 rings (SSSR count). The molecule has 5 heteroatoms. The molecular formula is C6H9N5. The van der Waals surface area contributed by atoms with Crippen molar-refractivity contribution >= 4 is 6.21 Å². The second-order valence-electron chi connectivity index (χ2n) is 2.50. The number of nitrogens with two attached hydrogens (primary N) is 2. The molecular weight excluding hydrogens is 142 g/mol. The molecule has 0 atom stereocenters. The number of nitrogens with zero attached hydrogens (tertiary/aromatic N) is 3. The lowest BCUT2D eigenvalue weighted by atomic mass is 10.4. The zero-order chi connectivity index (χ0) is 7.84. The summed E-state index contributed by atoms with van der Waals surface area (Å²) in [7, 11) is 0. The van der Waals surface area contributed by atoms with Crippen LogP contribution in [0, 0.1) is 0 Å². The quantitative estimate of drug-likeness (QED) is 0.441. The van der Waals surface area contributed by atoms with Crippen LogP contribution in [0.15, 0.2) is 28.9 Å². The van der Waals surface area contributed by atoms with Crippen molar-refractivity contribution in [2.45, 2.75) is 0 Å². The van der Waals surface area contributed by atoms with Crippen LogP contribution in [0.5, 0.6) is 0 Å². The average molecular weight is 151 g/mol. The Hall–Kier alpha value is -1.49. The molecule has 0 spiro atoms. The van der Waals surface area contributed by atoms with Gasteiger partial charge in [-0.2, -0.15) is 0 Å². The molecule has 0 aromatic rings. The summed E-state index contributed by atoms with van der Waals surface area (Å²) in [6.07, 6.45) is 5.19. The number of hydrazine groups is 1. The van der Waals surface area contributed by atoms with Crippen LogP contribution in [-0.2, 0) is 0 Å². The lowest BCUT2D eigenvalue weighted by Crippen LogP contribution is -2.29. The van der Waals surface area contributed by atoms with Crippen molar-refractivity contribution in [3.63, 3.8) is 0 Å². The zero-order valence-corrected chi connectivity index (χ0v) is 5.94. The Morgan fingerprint density at radius 2 is 2.27 bits per heavy atom. The van der Waals surface area contributed by atoms with Crippen molar-refractivity contribution in [2.75, 3.05) is 6.67 Å². The third-order valence-corrected chi connectivity index (χ3v) is 1.54. The zero-order valence-electron chi connectivity index (χ0n) is 5.94. The highest BCUT2D eigenvalue weighted by molar-refractivity contribution is 5.79. The van der Waals surface area contributed by atoms with Gasteiger partial charge in [-0.15, -0.1) is 0 Å². The van der Waals surface area contributed by atoms with Gasteiger partial charge in [0.2, 0.25) is 0 Å². The molecule has 2 heterocycles. The minimum Gasteiger partial charge on any atom is -0.396 e. The van der Waals surface area contributed by atoms with Crippen LogP contribution in [0.2, 0.25) is 0 Å². The van der Waals surface area contributed by atoms with E-state index in [9.17, 15) is 0 Å². The molecule has 0 unspecified atom stereocenters. The largest absolute Gasteiger partial charge is 0.396 e. The lowest BCUT2D eigenvalue weighted by Gasteiger charge is -2.18. The topological polar surface area (TPSA) is 70.9 Å². The Labute approximate surface area is 64.2 Å². The van der Waals surface area contributed by atoms with E-state index in [1.165, 1.54) is 0 Å². The van der Waals surface area contributed by atoms with Crippen LogP contribution in [-0.4, -0.2) is 22.8 Å². The molecule has 2 aliphatic rings. The Balaban J connectivity index is 2.29. The standard InChI is InChI=1S/C6H9N5/c7-5-1-9-6-3-11(8)4-10(6)2-5/h1-3H,4,7-8H2. The summed E-state index contributed by atoms with van der Waals surface area (Å²) < 4.78 is 0. The van der Waals surface area contributed by atoms with E-state index in [4.69, 9.17) is 11.6 Å². The van der Waals surface area contributed by atoms with Gasteiger partial charge >= 0.3 is 0 Å². The first-order chi connectivity index (χ1) is 5.25. The predicted octanol–water partition coefficient (Wildman–Crippen LogP) is -0.881. The Bertz CT molecular complexity index is 264. The van der Waals surface area contributed by atoms with E-state index in [2.05, 4.69) is 4.99 Å². The fourth-order valence-electron chi connectivity index (χ4n) is 1.08. The molecule has 4 N–H and O–H groups in total.